The third-order valence-electron chi connectivity index (χ3n) is 1.98. The van der Waals surface area contributed by atoms with Gasteiger partial charge in [0.15, 0.2) is 0 Å². The molecular weight excluding hydrogens is 152 g/mol. The number of aromatic amines is 1. The van der Waals surface area contributed by atoms with Crippen LogP contribution < -0.4 is 5.69 Å². The minimum absolute atomic E-state index is 0.0625. The first-order chi connectivity index (χ1) is 5.68. The molecule has 2 aromatic rings. The summed E-state index contributed by atoms with van der Waals surface area (Å²) in [6.45, 7) is 3.79. The topological polar surface area (TPSA) is 37.3 Å². The molecular formula is C9H10N2O. The second-order valence-electron chi connectivity index (χ2n) is 2.99. The first kappa shape index (κ1) is 7.16. The maximum atomic E-state index is 11.4. The normalized spacial score (nSPS) is 10.8. The quantitative estimate of drug-likeness (QED) is 0.621. The van der Waals surface area contributed by atoms with Crippen LogP contribution >= 0.6 is 0 Å². The lowest BCUT2D eigenvalue weighted by atomic mass is 10.4. The van der Waals surface area contributed by atoms with Gasteiger partial charge >= 0.3 is 5.69 Å². The zero-order chi connectivity index (χ0) is 8.72. The van der Waals surface area contributed by atoms with Gasteiger partial charge in [0, 0.05) is 11.4 Å². The van der Waals surface area contributed by atoms with Crippen molar-refractivity contribution in [2.24, 2.45) is 0 Å². The van der Waals surface area contributed by atoms with Gasteiger partial charge in [0.05, 0.1) is 5.52 Å². The van der Waals surface area contributed by atoms with E-state index in [9.17, 15) is 4.79 Å². The highest BCUT2D eigenvalue weighted by molar-refractivity contribution is 5.49. The van der Waals surface area contributed by atoms with Gasteiger partial charge in [-0.15, -0.1) is 0 Å². The molecule has 0 saturated carbocycles. The van der Waals surface area contributed by atoms with E-state index in [-0.39, 0.29) is 5.69 Å². The van der Waals surface area contributed by atoms with Crippen molar-refractivity contribution < 1.29 is 0 Å². The summed E-state index contributed by atoms with van der Waals surface area (Å²) in [6.07, 6.45) is 0. The SMILES string of the molecule is Cc1cc2ccc(C)n2c(=O)[nH]1. The van der Waals surface area contributed by atoms with Gasteiger partial charge in [-0.25, -0.2) is 4.79 Å². The Morgan fingerprint density at radius 1 is 1.33 bits per heavy atom. The van der Waals surface area contributed by atoms with E-state index >= 15 is 0 Å². The number of nitrogens with one attached hydrogen (secondary N) is 1. The average Bonchev–Trinajstić information content (AvgIpc) is 2.31. The molecule has 0 amide bonds. The smallest absolute Gasteiger partial charge is 0.311 e. The summed E-state index contributed by atoms with van der Waals surface area (Å²) in [5.41, 5.74) is 2.75. The lowest BCUT2D eigenvalue weighted by molar-refractivity contribution is 0.947. The molecule has 12 heavy (non-hydrogen) atoms. The molecule has 3 nitrogen and oxygen atoms in total. The van der Waals surface area contributed by atoms with Crippen molar-refractivity contribution in [3.8, 4) is 0 Å². The minimum atomic E-state index is -0.0625. The fraction of sp³-hybridized carbons (Fsp3) is 0.222. The second kappa shape index (κ2) is 2.24. The maximum Gasteiger partial charge on any atom is 0.330 e. The molecule has 0 aliphatic heterocycles. The third-order valence-corrected chi connectivity index (χ3v) is 1.98. The van der Waals surface area contributed by atoms with Gasteiger partial charge in [-0.05, 0) is 32.0 Å². The first-order valence-electron chi connectivity index (χ1n) is 3.86. The molecule has 0 aliphatic carbocycles. The minimum Gasteiger partial charge on any atom is -0.311 e. The highest BCUT2D eigenvalue weighted by Gasteiger charge is 2.00. The molecule has 0 bridgehead atoms. The molecule has 0 radical (unpaired) electrons. The molecule has 2 rings (SSSR count). The molecule has 62 valence electrons. The van der Waals surface area contributed by atoms with E-state index in [2.05, 4.69) is 4.98 Å². The highest BCUT2D eigenvalue weighted by Crippen LogP contribution is 2.05. The van der Waals surface area contributed by atoms with Crippen molar-refractivity contribution in [2.45, 2.75) is 13.8 Å². The number of fused-ring (bicyclic) bond motifs is 1. The molecule has 2 aromatic heterocycles. The Bertz CT molecular complexity index is 479. The lowest BCUT2D eigenvalue weighted by Crippen LogP contribution is -2.17. The van der Waals surface area contributed by atoms with Gasteiger partial charge in [0.25, 0.3) is 0 Å². The zero-order valence-electron chi connectivity index (χ0n) is 7.09. The Hall–Kier alpha value is -1.51. The van der Waals surface area contributed by atoms with E-state index in [0.29, 0.717) is 0 Å². The Labute approximate surface area is 69.7 Å². The Balaban J connectivity index is 3.03. The van der Waals surface area contributed by atoms with E-state index in [1.807, 2.05) is 32.0 Å². The van der Waals surface area contributed by atoms with Gasteiger partial charge in [0.1, 0.15) is 0 Å². The van der Waals surface area contributed by atoms with E-state index in [1.54, 1.807) is 4.40 Å². The predicted molar refractivity (Wildman–Crippen MR) is 47.5 cm³/mol. The van der Waals surface area contributed by atoms with Crippen LogP contribution in [0.5, 0.6) is 0 Å². The lowest BCUT2D eigenvalue weighted by Gasteiger charge is -1.97. The Morgan fingerprint density at radius 3 is 2.83 bits per heavy atom. The monoisotopic (exact) mass is 162 g/mol. The fourth-order valence-corrected chi connectivity index (χ4v) is 1.43. The van der Waals surface area contributed by atoms with E-state index in [4.69, 9.17) is 0 Å². The number of rotatable bonds is 0. The molecule has 0 fully saturated rings. The second-order valence-corrected chi connectivity index (χ2v) is 2.99. The number of aromatic nitrogens is 2. The first-order valence-corrected chi connectivity index (χ1v) is 3.86. The van der Waals surface area contributed by atoms with Crippen molar-refractivity contribution in [3.05, 3.63) is 40.1 Å². The highest BCUT2D eigenvalue weighted by atomic mass is 16.1. The van der Waals surface area contributed by atoms with Crippen molar-refractivity contribution in [1.29, 1.82) is 0 Å². The van der Waals surface area contributed by atoms with Crippen LogP contribution in [0.4, 0.5) is 0 Å². The molecule has 0 saturated heterocycles. The van der Waals surface area contributed by atoms with E-state index in [0.717, 1.165) is 16.9 Å². The molecule has 0 unspecified atom stereocenters. The van der Waals surface area contributed by atoms with Crippen LogP contribution in [-0.4, -0.2) is 9.38 Å². The van der Waals surface area contributed by atoms with Crippen molar-refractivity contribution in [2.75, 3.05) is 0 Å². The van der Waals surface area contributed by atoms with Crippen LogP contribution in [0.25, 0.3) is 5.52 Å². The van der Waals surface area contributed by atoms with E-state index in [1.165, 1.54) is 0 Å². The van der Waals surface area contributed by atoms with Crippen molar-refractivity contribution >= 4 is 5.52 Å². The van der Waals surface area contributed by atoms with Crippen molar-refractivity contribution in [3.63, 3.8) is 0 Å². The third kappa shape index (κ3) is 0.863. The standard InChI is InChI=1S/C9H10N2O/c1-6-5-8-4-3-7(2)11(8)9(12)10-6/h3-5H,1-2H3,(H,10,12). The molecule has 1 N–H and O–H groups in total. The molecule has 2 heterocycles. The van der Waals surface area contributed by atoms with Crippen LogP contribution in [0.15, 0.2) is 23.0 Å². The fourth-order valence-electron chi connectivity index (χ4n) is 1.43. The van der Waals surface area contributed by atoms with Gasteiger partial charge in [-0.2, -0.15) is 0 Å². The molecule has 0 aromatic carbocycles. The summed E-state index contributed by atoms with van der Waals surface area (Å²) in [5.74, 6) is 0. The van der Waals surface area contributed by atoms with Crippen molar-refractivity contribution in [1.82, 2.24) is 9.38 Å². The van der Waals surface area contributed by atoms with Crippen LogP contribution in [0.3, 0.4) is 0 Å². The molecule has 3 heteroatoms. The zero-order valence-corrected chi connectivity index (χ0v) is 7.09. The summed E-state index contributed by atoms with van der Waals surface area (Å²) in [7, 11) is 0. The number of hydrogen-bond donors (Lipinski definition) is 1. The largest absolute Gasteiger partial charge is 0.330 e. The molecule has 0 aliphatic rings. The van der Waals surface area contributed by atoms with Crippen LogP contribution in [-0.2, 0) is 0 Å². The van der Waals surface area contributed by atoms with Gasteiger partial charge < -0.3 is 4.98 Å². The van der Waals surface area contributed by atoms with E-state index < -0.39 is 0 Å². The summed E-state index contributed by atoms with van der Waals surface area (Å²) >= 11 is 0. The van der Waals surface area contributed by atoms with Crippen LogP contribution in [0.2, 0.25) is 0 Å². The maximum absolute atomic E-state index is 11.4. The van der Waals surface area contributed by atoms with Crippen LogP contribution in [0.1, 0.15) is 11.4 Å². The van der Waals surface area contributed by atoms with Gasteiger partial charge in [-0.1, -0.05) is 0 Å². The summed E-state index contributed by atoms with van der Waals surface area (Å²) in [4.78, 5) is 14.1. The number of aryl methyl sites for hydroxylation is 2. The average molecular weight is 162 g/mol. The van der Waals surface area contributed by atoms with Gasteiger partial charge in [-0.3, -0.25) is 4.40 Å². The predicted octanol–water partition coefficient (Wildman–Crippen LogP) is 1.24. The summed E-state index contributed by atoms with van der Waals surface area (Å²) < 4.78 is 1.66. The Kier molecular flexibility index (Phi) is 1.33. The number of nitrogens with zero attached hydrogens (tertiary/aromatic N) is 1. The Morgan fingerprint density at radius 2 is 2.08 bits per heavy atom. The summed E-state index contributed by atoms with van der Waals surface area (Å²) in [5, 5.41) is 0. The molecule has 0 atom stereocenters. The summed E-state index contributed by atoms with van der Waals surface area (Å²) in [6, 6.07) is 5.83. The molecule has 0 spiro atoms. The number of hydrogen-bond acceptors (Lipinski definition) is 1. The van der Waals surface area contributed by atoms with Gasteiger partial charge in [0.2, 0.25) is 0 Å². The van der Waals surface area contributed by atoms with Crippen LogP contribution in [0, 0.1) is 13.8 Å². The number of H-pyrrole nitrogens is 1.